The van der Waals surface area contributed by atoms with E-state index in [-0.39, 0.29) is 11.3 Å². The van der Waals surface area contributed by atoms with Crippen LogP contribution in [0.25, 0.3) is 0 Å². The van der Waals surface area contributed by atoms with E-state index in [0.29, 0.717) is 31.5 Å². The number of nitrogens with zero attached hydrogens (tertiary/aromatic N) is 5. The number of hydrogen-bond donors (Lipinski definition) is 1. The first-order chi connectivity index (χ1) is 14.0. The second-order valence-corrected chi connectivity index (χ2v) is 9.37. The van der Waals surface area contributed by atoms with Crippen molar-refractivity contribution in [3.63, 3.8) is 0 Å². The number of carbonyl (C=O) groups is 2. The summed E-state index contributed by atoms with van der Waals surface area (Å²) in [6, 6.07) is 0. The normalized spacial score (nSPS) is 25.6. The molecule has 0 bridgehead atoms. The van der Waals surface area contributed by atoms with Gasteiger partial charge in [-0.25, -0.2) is 0 Å². The Hall–Kier alpha value is -1.96. The van der Waals surface area contributed by atoms with Crippen molar-refractivity contribution in [3.8, 4) is 0 Å². The maximum absolute atomic E-state index is 13.2. The molecular formula is C21H34N6O2. The first-order valence-corrected chi connectivity index (χ1v) is 11.2. The van der Waals surface area contributed by atoms with E-state index in [1.165, 1.54) is 19.3 Å². The van der Waals surface area contributed by atoms with Gasteiger partial charge in [0.15, 0.2) is 0 Å². The van der Waals surface area contributed by atoms with E-state index < -0.39 is 0 Å². The Morgan fingerprint density at radius 1 is 1.24 bits per heavy atom. The lowest BCUT2D eigenvalue weighted by molar-refractivity contribution is -0.145. The van der Waals surface area contributed by atoms with Gasteiger partial charge in [0.25, 0.3) is 0 Å². The van der Waals surface area contributed by atoms with E-state index in [4.69, 9.17) is 0 Å². The number of nitrogens with one attached hydrogen (secondary N) is 1. The molecule has 4 rings (SSSR count). The van der Waals surface area contributed by atoms with Gasteiger partial charge in [-0.1, -0.05) is 31.4 Å². The zero-order valence-corrected chi connectivity index (χ0v) is 17.6. The average molecular weight is 403 g/mol. The van der Waals surface area contributed by atoms with Crippen LogP contribution in [0.15, 0.2) is 6.20 Å². The summed E-state index contributed by atoms with van der Waals surface area (Å²) in [5.41, 5.74) is 0.750. The predicted octanol–water partition coefficient (Wildman–Crippen LogP) is 1.42. The zero-order valence-electron chi connectivity index (χ0n) is 17.6. The number of aromatic nitrogens is 3. The van der Waals surface area contributed by atoms with Crippen LogP contribution >= 0.6 is 0 Å². The van der Waals surface area contributed by atoms with Gasteiger partial charge in [0.2, 0.25) is 11.8 Å². The Balaban J connectivity index is 1.31. The molecule has 1 unspecified atom stereocenters. The van der Waals surface area contributed by atoms with Crippen LogP contribution in [-0.4, -0.2) is 69.3 Å². The highest BCUT2D eigenvalue weighted by Crippen LogP contribution is 2.38. The van der Waals surface area contributed by atoms with Gasteiger partial charge < -0.3 is 10.2 Å². The van der Waals surface area contributed by atoms with Gasteiger partial charge in [-0.2, -0.15) is 0 Å². The number of piperazine rings is 1. The maximum Gasteiger partial charge on any atom is 0.234 e. The molecule has 1 aliphatic carbocycles. The van der Waals surface area contributed by atoms with Crippen LogP contribution in [0.2, 0.25) is 0 Å². The number of hydrogen-bond acceptors (Lipinski definition) is 5. The fourth-order valence-corrected chi connectivity index (χ4v) is 5.15. The van der Waals surface area contributed by atoms with Crippen LogP contribution in [0.3, 0.4) is 0 Å². The molecule has 2 amide bonds. The van der Waals surface area contributed by atoms with E-state index in [0.717, 1.165) is 57.6 Å². The number of likely N-dealkylation sites (tertiary alicyclic amines) is 1. The van der Waals surface area contributed by atoms with Gasteiger partial charge in [-0.3, -0.25) is 19.2 Å². The largest absolute Gasteiger partial charge is 0.354 e. The minimum Gasteiger partial charge on any atom is -0.354 e. The number of carbonyl (C=O) groups excluding carboxylic acids is 2. The third-order valence-corrected chi connectivity index (χ3v) is 6.81. The van der Waals surface area contributed by atoms with Crippen molar-refractivity contribution in [2.75, 3.05) is 32.7 Å². The predicted molar refractivity (Wildman–Crippen MR) is 109 cm³/mol. The number of amides is 2. The molecule has 8 nitrogen and oxygen atoms in total. The van der Waals surface area contributed by atoms with Crippen LogP contribution in [0.5, 0.6) is 0 Å². The summed E-state index contributed by atoms with van der Waals surface area (Å²) >= 11 is 0. The highest BCUT2D eigenvalue weighted by atomic mass is 16.2. The second kappa shape index (κ2) is 8.81. The van der Waals surface area contributed by atoms with Crippen LogP contribution < -0.4 is 5.32 Å². The third kappa shape index (κ3) is 4.97. The van der Waals surface area contributed by atoms with Crippen molar-refractivity contribution in [1.82, 2.24) is 30.1 Å². The lowest BCUT2D eigenvalue weighted by Crippen LogP contribution is -2.48. The highest BCUT2D eigenvalue weighted by Gasteiger charge is 2.39. The molecule has 0 aromatic carbocycles. The molecule has 3 aliphatic rings. The van der Waals surface area contributed by atoms with Crippen molar-refractivity contribution in [2.45, 2.75) is 65.0 Å². The molecule has 2 saturated heterocycles. The molecule has 2 aliphatic heterocycles. The summed E-state index contributed by atoms with van der Waals surface area (Å²) in [6.07, 6.45) is 9.89. The van der Waals surface area contributed by atoms with Gasteiger partial charge in [0.1, 0.15) is 0 Å². The Kier molecular flexibility index (Phi) is 6.18. The Bertz CT molecular complexity index is 727. The van der Waals surface area contributed by atoms with E-state index in [2.05, 4.69) is 32.4 Å². The molecule has 8 heteroatoms. The van der Waals surface area contributed by atoms with Crippen LogP contribution in [0, 0.1) is 11.3 Å². The van der Waals surface area contributed by atoms with Crippen LogP contribution in [0.4, 0.5) is 0 Å². The minimum absolute atomic E-state index is 0.0715. The van der Waals surface area contributed by atoms with Crippen LogP contribution in [-0.2, 0) is 22.7 Å². The van der Waals surface area contributed by atoms with Gasteiger partial charge in [-0.15, -0.1) is 5.10 Å². The van der Waals surface area contributed by atoms with Crippen molar-refractivity contribution in [3.05, 3.63) is 11.9 Å². The summed E-state index contributed by atoms with van der Waals surface area (Å²) in [7, 11) is 0. The van der Waals surface area contributed by atoms with Crippen molar-refractivity contribution in [1.29, 1.82) is 0 Å². The summed E-state index contributed by atoms with van der Waals surface area (Å²) in [4.78, 5) is 28.9. The van der Waals surface area contributed by atoms with Crippen molar-refractivity contribution in [2.24, 2.45) is 11.3 Å². The van der Waals surface area contributed by atoms with E-state index in [1.54, 1.807) is 0 Å². The molecule has 0 radical (unpaired) electrons. The fraction of sp³-hybridized carbons (Fsp3) is 0.810. The maximum atomic E-state index is 13.2. The fourth-order valence-electron chi connectivity index (χ4n) is 5.15. The standard InChI is InChI=1S/C21H34N6O2/c1-21(7-3-2-4-8-21)20(29)26-10-5-6-17(12-26)13-27-15-18(23-24-27)14-25-11-9-22-19(28)16-25/h15,17H,2-14,16H2,1H3,(H,22,28). The second-order valence-electron chi connectivity index (χ2n) is 9.37. The van der Waals surface area contributed by atoms with Gasteiger partial charge in [0.05, 0.1) is 12.2 Å². The Morgan fingerprint density at radius 3 is 2.86 bits per heavy atom. The topological polar surface area (TPSA) is 83.4 Å². The molecule has 29 heavy (non-hydrogen) atoms. The lowest BCUT2D eigenvalue weighted by Gasteiger charge is -2.40. The van der Waals surface area contributed by atoms with Crippen molar-refractivity contribution < 1.29 is 9.59 Å². The molecule has 0 spiro atoms. The van der Waals surface area contributed by atoms with Gasteiger partial charge >= 0.3 is 0 Å². The molecule has 1 N–H and O–H groups in total. The third-order valence-electron chi connectivity index (χ3n) is 6.81. The molecule has 3 fully saturated rings. The van der Waals surface area contributed by atoms with Gasteiger partial charge in [0, 0.05) is 50.9 Å². The zero-order chi connectivity index (χ0) is 20.3. The van der Waals surface area contributed by atoms with E-state index in [9.17, 15) is 9.59 Å². The van der Waals surface area contributed by atoms with Crippen molar-refractivity contribution >= 4 is 11.8 Å². The first kappa shape index (κ1) is 20.3. The number of rotatable bonds is 5. The monoisotopic (exact) mass is 402 g/mol. The number of piperidine rings is 1. The quantitative estimate of drug-likeness (QED) is 0.805. The molecule has 1 saturated carbocycles. The summed E-state index contributed by atoms with van der Waals surface area (Å²) in [5, 5.41) is 11.4. The lowest BCUT2D eigenvalue weighted by atomic mass is 9.74. The van der Waals surface area contributed by atoms with E-state index in [1.807, 2.05) is 10.9 Å². The smallest absolute Gasteiger partial charge is 0.234 e. The molecule has 1 aromatic rings. The molecule has 1 aromatic heterocycles. The Morgan fingerprint density at radius 2 is 2.07 bits per heavy atom. The summed E-state index contributed by atoms with van der Waals surface area (Å²) in [6.45, 7) is 7.30. The van der Waals surface area contributed by atoms with E-state index >= 15 is 0 Å². The molecule has 160 valence electrons. The highest BCUT2D eigenvalue weighted by molar-refractivity contribution is 5.82. The van der Waals surface area contributed by atoms with Gasteiger partial charge in [-0.05, 0) is 31.6 Å². The SMILES string of the molecule is CC1(C(=O)N2CCCC(Cn3cc(CN4CCNC(=O)C4)nn3)C2)CCCCC1. The first-order valence-electron chi connectivity index (χ1n) is 11.2. The summed E-state index contributed by atoms with van der Waals surface area (Å²) < 4.78 is 1.92. The van der Waals surface area contributed by atoms with Crippen LogP contribution in [0.1, 0.15) is 57.6 Å². The minimum atomic E-state index is -0.151. The Labute approximate surface area is 173 Å². The average Bonchev–Trinajstić information content (AvgIpc) is 3.15. The molecule has 1 atom stereocenters. The molecular weight excluding hydrogens is 368 g/mol. The molecule has 3 heterocycles. The summed E-state index contributed by atoms with van der Waals surface area (Å²) in [5.74, 6) is 0.863.